The molecule has 0 unspecified atom stereocenters. The van der Waals surface area contributed by atoms with Gasteiger partial charge in [-0.2, -0.15) is 0 Å². The molecule has 1 N–H and O–H groups in total. The van der Waals surface area contributed by atoms with Crippen LogP contribution in [0.4, 0.5) is 10.2 Å². The minimum atomic E-state index is -0.344. The van der Waals surface area contributed by atoms with Crippen molar-refractivity contribution in [1.82, 2.24) is 15.5 Å². The van der Waals surface area contributed by atoms with Gasteiger partial charge in [0, 0.05) is 31.1 Å². The Morgan fingerprint density at radius 3 is 2.31 bits per heavy atom. The second-order valence-electron chi connectivity index (χ2n) is 7.90. The van der Waals surface area contributed by atoms with Crippen LogP contribution >= 0.6 is 0 Å². The first-order chi connectivity index (χ1) is 15.6. The molecule has 0 bridgehead atoms. The third-order valence-electron chi connectivity index (χ3n) is 5.74. The number of hydrogen-bond acceptors (Lipinski definition) is 5. The zero-order valence-electron chi connectivity index (χ0n) is 17.7. The number of Topliss-reactive ketones (excluding diaryl/α,β-unsaturated/α-hetero) is 1. The second kappa shape index (κ2) is 10.1. The lowest BCUT2D eigenvalue weighted by atomic mass is 9.89. The number of halogens is 1. The van der Waals surface area contributed by atoms with Crippen LogP contribution in [-0.4, -0.2) is 41.5 Å². The maximum Gasteiger partial charge on any atom is 0.271 e. The van der Waals surface area contributed by atoms with Crippen molar-refractivity contribution in [2.75, 3.05) is 24.5 Å². The number of amides is 1. The highest BCUT2D eigenvalue weighted by atomic mass is 19.1. The van der Waals surface area contributed by atoms with E-state index in [1.54, 1.807) is 24.3 Å². The second-order valence-corrected chi connectivity index (χ2v) is 7.90. The van der Waals surface area contributed by atoms with Gasteiger partial charge in [0.25, 0.3) is 5.91 Å². The van der Waals surface area contributed by atoms with Crippen molar-refractivity contribution >= 4 is 17.5 Å². The molecule has 1 amide bonds. The van der Waals surface area contributed by atoms with Crippen LogP contribution in [0.5, 0.6) is 0 Å². The smallest absolute Gasteiger partial charge is 0.271 e. The molecule has 0 radical (unpaired) electrons. The van der Waals surface area contributed by atoms with E-state index < -0.39 is 0 Å². The Morgan fingerprint density at radius 2 is 1.66 bits per heavy atom. The highest BCUT2D eigenvalue weighted by Gasteiger charge is 2.26. The third-order valence-corrected chi connectivity index (χ3v) is 5.74. The molecular formula is C25H25FN4O2. The maximum atomic E-state index is 13.1. The molecule has 0 atom stereocenters. The Kier molecular flexibility index (Phi) is 6.84. The molecule has 6 nitrogen and oxygen atoms in total. The van der Waals surface area contributed by atoms with Crippen LogP contribution in [0.1, 0.15) is 39.3 Å². The van der Waals surface area contributed by atoms with Gasteiger partial charge in [0.15, 0.2) is 17.3 Å². The monoisotopic (exact) mass is 432 g/mol. The van der Waals surface area contributed by atoms with E-state index in [9.17, 15) is 14.0 Å². The Morgan fingerprint density at radius 1 is 0.938 bits per heavy atom. The zero-order chi connectivity index (χ0) is 22.3. The summed E-state index contributed by atoms with van der Waals surface area (Å²) in [6, 6.07) is 19.1. The van der Waals surface area contributed by atoms with Gasteiger partial charge in [-0.3, -0.25) is 9.59 Å². The van der Waals surface area contributed by atoms with Crippen molar-refractivity contribution in [3.63, 3.8) is 0 Å². The number of hydrogen-bond donors (Lipinski definition) is 1. The van der Waals surface area contributed by atoms with Gasteiger partial charge >= 0.3 is 0 Å². The molecule has 0 aliphatic carbocycles. The molecule has 164 valence electrons. The molecular weight excluding hydrogens is 407 g/mol. The van der Waals surface area contributed by atoms with Crippen molar-refractivity contribution in [1.29, 1.82) is 0 Å². The molecule has 2 aromatic carbocycles. The zero-order valence-corrected chi connectivity index (χ0v) is 17.7. The summed E-state index contributed by atoms with van der Waals surface area (Å²) < 4.78 is 13.1. The Labute approximate surface area is 186 Å². The summed E-state index contributed by atoms with van der Waals surface area (Å²) in [4.78, 5) is 27.0. The predicted octanol–water partition coefficient (Wildman–Crippen LogP) is 3.69. The number of aromatic nitrogens is 2. The van der Waals surface area contributed by atoms with Crippen molar-refractivity contribution in [3.8, 4) is 0 Å². The van der Waals surface area contributed by atoms with E-state index in [0.717, 1.165) is 12.0 Å². The van der Waals surface area contributed by atoms with Crippen LogP contribution in [0.3, 0.4) is 0 Å². The van der Waals surface area contributed by atoms with Crippen molar-refractivity contribution in [3.05, 3.63) is 89.4 Å². The first-order valence-corrected chi connectivity index (χ1v) is 10.8. The van der Waals surface area contributed by atoms with Gasteiger partial charge in [-0.05, 0) is 61.2 Å². The Hall–Kier alpha value is -3.61. The number of benzene rings is 2. The molecule has 2 heterocycles. The number of carbonyl (C=O) groups excluding carboxylic acids is 2. The lowest BCUT2D eigenvalue weighted by Gasteiger charge is -2.31. The summed E-state index contributed by atoms with van der Waals surface area (Å²) in [7, 11) is 0. The lowest BCUT2D eigenvalue weighted by Crippen LogP contribution is -2.37. The number of carbonyl (C=O) groups is 2. The van der Waals surface area contributed by atoms with Crippen molar-refractivity contribution in [2.24, 2.45) is 5.92 Å². The molecule has 4 rings (SSSR count). The fourth-order valence-electron chi connectivity index (χ4n) is 3.89. The van der Waals surface area contributed by atoms with Crippen LogP contribution < -0.4 is 10.2 Å². The topological polar surface area (TPSA) is 75.2 Å². The van der Waals surface area contributed by atoms with Gasteiger partial charge in [0.05, 0.1) is 0 Å². The first-order valence-electron chi connectivity index (χ1n) is 10.8. The average Bonchev–Trinajstić information content (AvgIpc) is 2.85. The molecule has 1 aliphatic rings. The van der Waals surface area contributed by atoms with Crippen LogP contribution in [0.25, 0.3) is 0 Å². The van der Waals surface area contributed by atoms with Crippen LogP contribution in [0.15, 0.2) is 66.7 Å². The highest BCUT2D eigenvalue weighted by Crippen LogP contribution is 2.24. The first kappa shape index (κ1) is 21.6. The van der Waals surface area contributed by atoms with Crippen molar-refractivity contribution < 1.29 is 14.0 Å². The summed E-state index contributed by atoms with van der Waals surface area (Å²) >= 11 is 0. The van der Waals surface area contributed by atoms with E-state index in [1.165, 1.54) is 12.1 Å². The fourth-order valence-corrected chi connectivity index (χ4v) is 3.89. The number of rotatable bonds is 7. The van der Waals surface area contributed by atoms with E-state index in [0.29, 0.717) is 43.9 Å². The summed E-state index contributed by atoms with van der Waals surface area (Å²) in [5, 5.41) is 11.2. The molecule has 7 heteroatoms. The standard InChI is InChI=1S/C25H25FN4O2/c26-21-8-6-19(7-9-21)24(31)20-13-16-30(17-14-20)23-11-10-22(28-29-23)25(32)27-15-12-18-4-2-1-3-5-18/h1-11,20H,12-17H2,(H,27,32). The minimum Gasteiger partial charge on any atom is -0.355 e. The number of piperidine rings is 1. The quantitative estimate of drug-likeness (QED) is 0.577. The van der Waals surface area contributed by atoms with Crippen LogP contribution in [0.2, 0.25) is 0 Å². The predicted molar refractivity (Wildman–Crippen MR) is 120 cm³/mol. The number of nitrogens with zero attached hydrogens (tertiary/aromatic N) is 3. The summed E-state index contributed by atoms with van der Waals surface area (Å²) in [6.07, 6.45) is 2.14. The van der Waals surface area contributed by atoms with Gasteiger partial charge in [-0.15, -0.1) is 10.2 Å². The third kappa shape index (κ3) is 5.35. The van der Waals surface area contributed by atoms with Crippen LogP contribution in [-0.2, 0) is 6.42 Å². The Balaban J connectivity index is 1.26. The largest absolute Gasteiger partial charge is 0.355 e. The molecule has 32 heavy (non-hydrogen) atoms. The van der Waals surface area contributed by atoms with E-state index in [4.69, 9.17) is 0 Å². The van der Waals surface area contributed by atoms with E-state index in [1.807, 2.05) is 30.3 Å². The van der Waals surface area contributed by atoms with Gasteiger partial charge in [0.1, 0.15) is 5.82 Å². The maximum absolute atomic E-state index is 13.1. The summed E-state index contributed by atoms with van der Waals surface area (Å²) in [6.45, 7) is 1.88. The SMILES string of the molecule is O=C(NCCc1ccccc1)c1ccc(N2CCC(C(=O)c3ccc(F)cc3)CC2)nn1. The van der Waals surface area contributed by atoms with E-state index in [-0.39, 0.29) is 29.1 Å². The number of nitrogens with one attached hydrogen (secondary N) is 1. The fraction of sp³-hybridized carbons (Fsp3) is 0.280. The normalized spacial score (nSPS) is 14.2. The van der Waals surface area contributed by atoms with Gasteiger partial charge in [-0.25, -0.2) is 4.39 Å². The molecule has 0 saturated carbocycles. The van der Waals surface area contributed by atoms with E-state index in [2.05, 4.69) is 20.4 Å². The molecule has 3 aromatic rings. The van der Waals surface area contributed by atoms with Gasteiger partial charge in [0.2, 0.25) is 0 Å². The molecule has 1 aromatic heterocycles. The molecule has 0 spiro atoms. The number of ketones is 1. The molecule has 1 fully saturated rings. The number of anilines is 1. The van der Waals surface area contributed by atoms with Gasteiger partial charge in [-0.1, -0.05) is 30.3 Å². The summed E-state index contributed by atoms with van der Waals surface area (Å²) in [5.41, 5.74) is 1.99. The average molecular weight is 432 g/mol. The Bertz CT molecular complexity index is 1050. The highest BCUT2D eigenvalue weighted by molar-refractivity contribution is 5.98. The minimum absolute atomic E-state index is 0.0539. The summed E-state index contributed by atoms with van der Waals surface area (Å²) in [5.74, 6) is 0.0722. The van der Waals surface area contributed by atoms with Crippen LogP contribution in [0, 0.1) is 11.7 Å². The molecule has 1 aliphatic heterocycles. The van der Waals surface area contributed by atoms with Gasteiger partial charge < -0.3 is 10.2 Å². The van der Waals surface area contributed by atoms with E-state index >= 15 is 0 Å². The lowest BCUT2D eigenvalue weighted by molar-refractivity contribution is 0.0898. The molecule has 1 saturated heterocycles. The van der Waals surface area contributed by atoms with Crippen molar-refractivity contribution in [2.45, 2.75) is 19.3 Å².